The number of rotatable bonds is 4. The second-order valence-corrected chi connectivity index (χ2v) is 6.91. The zero-order valence-electron chi connectivity index (χ0n) is 12.0. The minimum Gasteiger partial charge on any atom is -0.496 e. The van der Waals surface area contributed by atoms with E-state index in [1.807, 2.05) is 6.07 Å². The molecule has 0 saturated heterocycles. The summed E-state index contributed by atoms with van der Waals surface area (Å²) in [5, 5.41) is 1.07. The second kappa shape index (κ2) is 7.11. The smallest absolute Gasteiger partial charge is 0.164 e. The van der Waals surface area contributed by atoms with Crippen LogP contribution in [-0.2, 0) is 6.42 Å². The number of ether oxygens (including phenoxy) is 1. The van der Waals surface area contributed by atoms with Gasteiger partial charge in [-0.1, -0.05) is 37.0 Å². The SMILES string of the molecule is COc1cc(Cl)ccc1-c1nc(Cl)c(I)c(CC(C)C)n1. The molecule has 0 atom stereocenters. The first-order valence-corrected chi connectivity index (χ1v) is 8.31. The largest absolute Gasteiger partial charge is 0.496 e. The van der Waals surface area contributed by atoms with Gasteiger partial charge >= 0.3 is 0 Å². The lowest BCUT2D eigenvalue weighted by Crippen LogP contribution is -2.05. The number of halogens is 3. The molecule has 0 aliphatic heterocycles. The molecule has 0 saturated carbocycles. The highest BCUT2D eigenvalue weighted by Crippen LogP contribution is 2.32. The van der Waals surface area contributed by atoms with Crippen LogP contribution in [0.4, 0.5) is 0 Å². The van der Waals surface area contributed by atoms with Crippen molar-refractivity contribution in [2.75, 3.05) is 7.11 Å². The second-order valence-electron chi connectivity index (χ2n) is 5.04. The predicted octanol–water partition coefficient (Wildman–Crippen LogP) is 5.26. The molecule has 0 aliphatic rings. The van der Waals surface area contributed by atoms with Gasteiger partial charge in [0.1, 0.15) is 10.9 Å². The van der Waals surface area contributed by atoms with E-state index in [0.717, 1.165) is 21.2 Å². The molecule has 0 fully saturated rings. The summed E-state index contributed by atoms with van der Waals surface area (Å²) in [6.45, 7) is 4.29. The minimum absolute atomic E-state index is 0.466. The van der Waals surface area contributed by atoms with Gasteiger partial charge in [-0.05, 0) is 53.1 Å². The third-order valence-electron chi connectivity index (χ3n) is 2.89. The Balaban J connectivity index is 2.56. The summed E-state index contributed by atoms with van der Waals surface area (Å²) >= 11 is 14.4. The lowest BCUT2D eigenvalue weighted by atomic mass is 10.1. The molecule has 21 heavy (non-hydrogen) atoms. The van der Waals surface area contributed by atoms with E-state index in [-0.39, 0.29) is 0 Å². The van der Waals surface area contributed by atoms with E-state index in [9.17, 15) is 0 Å². The first-order chi connectivity index (χ1) is 9.92. The van der Waals surface area contributed by atoms with Crippen LogP contribution >= 0.6 is 45.8 Å². The lowest BCUT2D eigenvalue weighted by molar-refractivity contribution is 0.416. The van der Waals surface area contributed by atoms with Crippen LogP contribution < -0.4 is 4.74 Å². The van der Waals surface area contributed by atoms with Crippen molar-refractivity contribution in [1.82, 2.24) is 9.97 Å². The van der Waals surface area contributed by atoms with Gasteiger partial charge in [-0.15, -0.1) is 0 Å². The Morgan fingerprint density at radius 2 is 1.95 bits per heavy atom. The Labute approximate surface area is 148 Å². The zero-order chi connectivity index (χ0) is 15.6. The molecule has 1 heterocycles. The van der Waals surface area contributed by atoms with Gasteiger partial charge in [0.05, 0.1) is 21.9 Å². The average molecular weight is 437 g/mol. The molecule has 112 valence electrons. The van der Waals surface area contributed by atoms with Gasteiger partial charge < -0.3 is 4.74 Å². The lowest BCUT2D eigenvalue weighted by Gasteiger charge is -2.12. The number of nitrogens with zero attached hydrogens (tertiary/aromatic N) is 2. The number of hydrogen-bond acceptors (Lipinski definition) is 3. The van der Waals surface area contributed by atoms with Crippen LogP contribution in [0.5, 0.6) is 5.75 Å². The van der Waals surface area contributed by atoms with E-state index >= 15 is 0 Å². The van der Waals surface area contributed by atoms with Crippen LogP contribution in [-0.4, -0.2) is 17.1 Å². The fourth-order valence-corrected chi connectivity index (χ4v) is 2.77. The molecular formula is C15H15Cl2IN2O. The van der Waals surface area contributed by atoms with E-state index in [2.05, 4.69) is 46.4 Å². The third-order valence-corrected chi connectivity index (χ3v) is 4.85. The molecule has 3 nitrogen and oxygen atoms in total. The summed E-state index contributed by atoms with van der Waals surface area (Å²) in [5.74, 6) is 1.68. The van der Waals surface area contributed by atoms with E-state index in [0.29, 0.717) is 27.7 Å². The van der Waals surface area contributed by atoms with Crippen molar-refractivity contribution in [3.05, 3.63) is 37.6 Å². The first kappa shape index (κ1) is 16.8. The fourth-order valence-electron chi connectivity index (χ4n) is 1.96. The van der Waals surface area contributed by atoms with Gasteiger partial charge in [0.15, 0.2) is 5.82 Å². The third kappa shape index (κ3) is 3.99. The maximum atomic E-state index is 6.25. The summed E-state index contributed by atoms with van der Waals surface area (Å²) in [6, 6.07) is 5.38. The van der Waals surface area contributed by atoms with Gasteiger partial charge in [0.25, 0.3) is 0 Å². The summed E-state index contributed by atoms with van der Waals surface area (Å²) in [5.41, 5.74) is 1.74. The molecular weight excluding hydrogens is 422 g/mol. The first-order valence-electron chi connectivity index (χ1n) is 6.48. The van der Waals surface area contributed by atoms with Crippen LogP contribution in [0, 0.1) is 9.49 Å². The Morgan fingerprint density at radius 3 is 2.57 bits per heavy atom. The molecule has 0 aliphatic carbocycles. The molecule has 1 aromatic carbocycles. The topological polar surface area (TPSA) is 35.0 Å². The molecule has 0 unspecified atom stereocenters. The predicted molar refractivity (Wildman–Crippen MR) is 95.3 cm³/mol. The van der Waals surface area contributed by atoms with Gasteiger partial charge in [0, 0.05) is 5.02 Å². The van der Waals surface area contributed by atoms with Crippen LogP contribution in [0.25, 0.3) is 11.4 Å². The minimum atomic E-state index is 0.466. The molecule has 2 rings (SSSR count). The highest BCUT2D eigenvalue weighted by Gasteiger charge is 2.16. The molecule has 1 aromatic heterocycles. The molecule has 0 radical (unpaired) electrons. The van der Waals surface area contributed by atoms with Gasteiger partial charge in [-0.25, -0.2) is 9.97 Å². The Morgan fingerprint density at radius 1 is 1.24 bits per heavy atom. The van der Waals surface area contributed by atoms with E-state index in [4.69, 9.17) is 27.9 Å². The van der Waals surface area contributed by atoms with E-state index < -0.39 is 0 Å². The number of hydrogen-bond donors (Lipinski definition) is 0. The molecule has 0 spiro atoms. The van der Waals surface area contributed by atoms with Gasteiger partial charge in [0.2, 0.25) is 0 Å². The van der Waals surface area contributed by atoms with E-state index in [1.165, 1.54) is 0 Å². The van der Waals surface area contributed by atoms with Crippen molar-refractivity contribution in [2.24, 2.45) is 5.92 Å². The molecule has 0 amide bonds. The quantitative estimate of drug-likeness (QED) is 0.484. The maximum Gasteiger partial charge on any atom is 0.164 e. The van der Waals surface area contributed by atoms with Crippen LogP contribution in [0.2, 0.25) is 10.2 Å². The summed E-state index contributed by atoms with van der Waals surface area (Å²) in [7, 11) is 1.60. The number of methoxy groups -OCH3 is 1. The molecule has 2 aromatic rings. The summed E-state index contributed by atoms with van der Waals surface area (Å²) in [6.07, 6.45) is 0.851. The van der Waals surface area contributed by atoms with Crippen molar-refractivity contribution in [3.63, 3.8) is 0 Å². The van der Waals surface area contributed by atoms with Gasteiger partial charge in [-0.3, -0.25) is 0 Å². The molecule has 0 N–H and O–H groups in total. The highest BCUT2D eigenvalue weighted by molar-refractivity contribution is 14.1. The highest BCUT2D eigenvalue weighted by atomic mass is 127. The Bertz CT molecular complexity index is 662. The van der Waals surface area contributed by atoms with Crippen molar-refractivity contribution in [3.8, 4) is 17.1 Å². The maximum absolute atomic E-state index is 6.25. The zero-order valence-corrected chi connectivity index (χ0v) is 15.6. The molecule has 6 heteroatoms. The number of aromatic nitrogens is 2. The van der Waals surface area contributed by atoms with Crippen molar-refractivity contribution < 1.29 is 4.74 Å². The standard InChI is InChI=1S/C15H15Cl2IN2O/c1-8(2)6-11-13(18)14(17)20-15(19-11)10-5-4-9(16)7-12(10)21-3/h4-5,7-8H,6H2,1-3H3. The van der Waals surface area contributed by atoms with E-state index in [1.54, 1.807) is 19.2 Å². The number of benzene rings is 1. The average Bonchev–Trinajstić information content (AvgIpc) is 2.43. The van der Waals surface area contributed by atoms with Crippen molar-refractivity contribution >= 4 is 45.8 Å². The van der Waals surface area contributed by atoms with Crippen LogP contribution in [0.15, 0.2) is 18.2 Å². The van der Waals surface area contributed by atoms with Crippen LogP contribution in [0.3, 0.4) is 0 Å². The molecule has 0 bridgehead atoms. The van der Waals surface area contributed by atoms with Crippen molar-refractivity contribution in [2.45, 2.75) is 20.3 Å². The summed E-state index contributed by atoms with van der Waals surface area (Å²) in [4.78, 5) is 9.03. The summed E-state index contributed by atoms with van der Waals surface area (Å²) < 4.78 is 6.26. The monoisotopic (exact) mass is 436 g/mol. The van der Waals surface area contributed by atoms with Crippen molar-refractivity contribution in [1.29, 1.82) is 0 Å². The van der Waals surface area contributed by atoms with Crippen LogP contribution in [0.1, 0.15) is 19.5 Å². The Hall–Kier alpha value is -0.590. The van der Waals surface area contributed by atoms with Gasteiger partial charge in [-0.2, -0.15) is 0 Å². The fraction of sp³-hybridized carbons (Fsp3) is 0.333. The Kier molecular flexibility index (Phi) is 5.68. The normalized spacial score (nSPS) is 11.0.